The summed E-state index contributed by atoms with van der Waals surface area (Å²) < 4.78 is 5.42. The molecule has 0 spiro atoms. The van der Waals surface area contributed by atoms with E-state index in [2.05, 4.69) is 22.8 Å². The minimum atomic E-state index is -0.959. The largest absolute Gasteiger partial charge is 0.481 e. The summed E-state index contributed by atoms with van der Waals surface area (Å²) in [6.45, 7) is 2.14. The molecule has 0 saturated heterocycles. The summed E-state index contributed by atoms with van der Waals surface area (Å²) in [5.74, 6) is -1.28. The van der Waals surface area contributed by atoms with Crippen molar-refractivity contribution in [1.29, 1.82) is 0 Å². The first-order chi connectivity index (χ1) is 14.5. The van der Waals surface area contributed by atoms with Crippen LogP contribution in [-0.4, -0.2) is 42.3 Å². The molecule has 158 valence electrons. The van der Waals surface area contributed by atoms with Gasteiger partial charge in [-0.2, -0.15) is 0 Å². The van der Waals surface area contributed by atoms with Crippen LogP contribution >= 0.6 is 0 Å². The van der Waals surface area contributed by atoms with Crippen LogP contribution in [0.3, 0.4) is 0 Å². The summed E-state index contributed by atoms with van der Waals surface area (Å²) in [7, 11) is 0. The van der Waals surface area contributed by atoms with Crippen LogP contribution in [-0.2, 0) is 14.3 Å². The van der Waals surface area contributed by atoms with E-state index in [0.717, 1.165) is 22.3 Å². The molecule has 0 radical (unpaired) electrons. The van der Waals surface area contributed by atoms with Gasteiger partial charge in [-0.1, -0.05) is 55.5 Å². The monoisotopic (exact) mass is 410 g/mol. The Bertz CT molecular complexity index is 882. The molecule has 0 heterocycles. The number of carbonyl (C=O) groups is 3. The SMILES string of the molecule is CC[C@H](CC(=O)O)NC(=O)CCNC(=O)OCC1c2ccccc2-c2ccccc21. The van der Waals surface area contributed by atoms with E-state index < -0.39 is 18.1 Å². The molecule has 30 heavy (non-hydrogen) atoms. The Hall–Kier alpha value is -3.35. The average molecular weight is 410 g/mol. The summed E-state index contributed by atoms with van der Waals surface area (Å²) in [4.78, 5) is 34.8. The normalized spacial score (nSPS) is 13.1. The number of aliphatic carboxylic acids is 1. The molecule has 3 N–H and O–H groups in total. The standard InChI is InChI=1S/C23H26N2O5/c1-2-15(13-22(27)28)25-21(26)11-12-24-23(29)30-14-20-18-9-5-3-7-16(18)17-8-4-6-10-19(17)20/h3-10,15,20H,2,11-14H2,1H3,(H,24,29)(H,25,26)(H,27,28)/t15-/m1/s1. The molecule has 2 aromatic rings. The third-order valence-electron chi connectivity index (χ3n) is 5.24. The fraction of sp³-hybridized carbons (Fsp3) is 0.348. The van der Waals surface area contributed by atoms with Gasteiger partial charge in [-0.3, -0.25) is 9.59 Å². The van der Waals surface area contributed by atoms with Crippen molar-refractivity contribution in [1.82, 2.24) is 10.6 Å². The molecule has 0 aromatic heterocycles. The smallest absolute Gasteiger partial charge is 0.407 e. The van der Waals surface area contributed by atoms with Crippen molar-refractivity contribution in [2.75, 3.05) is 13.2 Å². The lowest BCUT2D eigenvalue weighted by molar-refractivity contribution is -0.137. The first-order valence-corrected chi connectivity index (χ1v) is 10.1. The lowest BCUT2D eigenvalue weighted by atomic mass is 9.98. The van der Waals surface area contributed by atoms with Crippen LogP contribution in [0.5, 0.6) is 0 Å². The van der Waals surface area contributed by atoms with Gasteiger partial charge in [0.1, 0.15) is 6.61 Å². The number of alkyl carbamates (subject to hydrolysis) is 1. The number of carboxylic acid groups (broad SMARTS) is 1. The van der Waals surface area contributed by atoms with Gasteiger partial charge in [0.05, 0.1) is 6.42 Å². The van der Waals surface area contributed by atoms with Crippen LogP contribution in [0.1, 0.15) is 43.2 Å². The van der Waals surface area contributed by atoms with E-state index in [1.165, 1.54) is 0 Å². The van der Waals surface area contributed by atoms with E-state index in [0.29, 0.717) is 6.42 Å². The molecule has 7 nitrogen and oxygen atoms in total. The van der Waals surface area contributed by atoms with Crippen LogP contribution in [0.15, 0.2) is 48.5 Å². The number of hydrogen-bond acceptors (Lipinski definition) is 4. The predicted molar refractivity (Wildman–Crippen MR) is 112 cm³/mol. The van der Waals surface area contributed by atoms with Gasteiger partial charge in [0.15, 0.2) is 0 Å². The summed E-state index contributed by atoms with van der Waals surface area (Å²) in [5, 5.41) is 14.1. The maximum Gasteiger partial charge on any atom is 0.407 e. The fourth-order valence-electron chi connectivity index (χ4n) is 3.74. The number of ether oxygens (including phenoxy) is 1. The lowest BCUT2D eigenvalue weighted by Crippen LogP contribution is -2.38. The van der Waals surface area contributed by atoms with E-state index in [9.17, 15) is 14.4 Å². The Morgan fingerprint density at radius 2 is 1.63 bits per heavy atom. The van der Waals surface area contributed by atoms with Crippen LogP contribution in [0.2, 0.25) is 0 Å². The van der Waals surface area contributed by atoms with Crippen LogP contribution < -0.4 is 10.6 Å². The quantitative estimate of drug-likeness (QED) is 0.588. The highest BCUT2D eigenvalue weighted by atomic mass is 16.5. The van der Waals surface area contributed by atoms with Gasteiger partial charge in [0, 0.05) is 24.9 Å². The molecule has 0 bridgehead atoms. The molecular weight excluding hydrogens is 384 g/mol. The molecule has 0 saturated carbocycles. The van der Waals surface area contributed by atoms with E-state index in [1.807, 2.05) is 43.3 Å². The molecule has 0 unspecified atom stereocenters. The molecule has 2 aromatic carbocycles. The zero-order chi connectivity index (χ0) is 21.5. The van der Waals surface area contributed by atoms with Gasteiger partial charge in [-0.05, 0) is 28.7 Å². The highest BCUT2D eigenvalue weighted by Crippen LogP contribution is 2.44. The summed E-state index contributed by atoms with van der Waals surface area (Å²) in [5.41, 5.74) is 4.58. The van der Waals surface area contributed by atoms with Crippen molar-refractivity contribution in [3.63, 3.8) is 0 Å². The van der Waals surface area contributed by atoms with Gasteiger partial charge >= 0.3 is 12.1 Å². The average Bonchev–Trinajstić information content (AvgIpc) is 3.05. The maximum atomic E-state index is 12.1. The van der Waals surface area contributed by atoms with Gasteiger partial charge in [-0.15, -0.1) is 0 Å². The summed E-state index contributed by atoms with van der Waals surface area (Å²) in [6, 6.07) is 15.8. The predicted octanol–water partition coefficient (Wildman–Crippen LogP) is 3.28. The second-order valence-electron chi connectivity index (χ2n) is 7.27. The number of carbonyl (C=O) groups excluding carboxylic acids is 2. The molecular formula is C23H26N2O5. The molecule has 1 aliphatic rings. The number of carboxylic acids is 1. The molecule has 0 aliphatic heterocycles. The van der Waals surface area contributed by atoms with Gasteiger partial charge < -0.3 is 20.5 Å². The Balaban J connectivity index is 1.46. The first kappa shape index (κ1) is 21.4. The van der Waals surface area contributed by atoms with Crippen molar-refractivity contribution in [3.8, 4) is 11.1 Å². The third-order valence-corrected chi connectivity index (χ3v) is 5.24. The van der Waals surface area contributed by atoms with Crippen molar-refractivity contribution < 1.29 is 24.2 Å². The molecule has 3 rings (SSSR count). The van der Waals surface area contributed by atoms with Crippen molar-refractivity contribution in [2.24, 2.45) is 0 Å². The Morgan fingerprint density at radius 1 is 1.03 bits per heavy atom. The number of nitrogens with one attached hydrogen (secondary N) is 2. The Kier molecular flexibility index (Phi) is 7.06. The van der Waals surface area contributed by atoms with E-state index in [4.69, 9.17) is 9.84 Å². The second kappa shape index (κ2) is 9.91. The lowest BCUT2D eigenvalue weighted by Gasteiger charge is -2.16. The number of rotatable bonds is 9. The molecule has 2 amide bonds. The minimum Gasteiger partial charge on any atom is -0.481 e. The second-order valence-corrected chi connectivity index (χ2v) is 7.27. The van der Waals surface area contributed by atoms with Crippen molar-refractivity contribution >= 4 is 18.0 Å². The minimum absolute atomic E-state index is 0.0206. The van der Waals surface area contributed by atoms with E-state index >= 15 is 0 Å². The van der Waals surface area contributed by atoms with Crippen LogP contribution in [0.4, 0.5) is 4.79 Å². The summed E-state index contributed by atoms with van der Waals surface area (Å²) >= 11 is 0. The Morgan fingerprint density at radius 3 is 2.20 bits per heavy atom. The maximum absolute atomic E-state index is 12.1. The van der Waals surface area contributed by atoms with E-state index in [1.54, 1.807) is 0 Å². The zero-order valence-electron chi connectivity index (χ0n) is 16.9. The third kappa shape index (κ3) is 5.17. The molecule has 1 atom stereocenters. The Labute approximate surface area is 175 Å². The highest BCUT2D eigenvalue weighted by Gasteiger charge is 2.28. The van der Waals surface area contributed by atoms with Gasteiger partial charge in [0.25, 0.3) is 0 Å². The van der Waals surface area contributed by atoms with E-state index in [-0.39, 0.29) is 37.8 Å². The van der Waals surface area contributed by atoms with Crippen molar-refractivity contribution in [2.45, 2.75) is 38.1 Å². The van der Waals surface area contributed by atoms with Crippen LogP contribution in [0, 0.1) is 0 Å². The molecule has 0 fully saturated rings. The molecule has 7 heteroatoms. The molecule has 1 aliphatic carbocycles. The van der Waals surface area contributed by atoms with Gasteiger partial charge in [-0.25, -0.2) is 4.79 Å². The highest BCUT2D eigenvalue weighted by molar-refractivity contribution is 5.79. The van der Waals surface area contributed by atoms with Crippen LogP contribution in [0.25, 0.3) is 11.1 Å². The number of benzene rings is 2. The number of hydrogen-bond donors (Lipinski definition) is 3. The summed E-state index contributed by atoms with van der Waals surface area (Å²) in [6.07, 6.45) is -0.123. The van der Waals surface area contributed by atoms with Crippen molar-refractivity contribution in [3.05, 3.63) is 59.7 Å². The topological polar surface area (TPSA) is 105 Å². The number of amides is 2. The fourth-order valence-corrected chi connectivity index (χ4v) is 3.74. The van der Waals surface area contributed by atoms with Gasteiger partial charge in [0.2, 0.25) is 5.91 Å². The zero-order valence-corrected chi connectivity index (χ0v) is 16.9. The first-order valence-electron chi connectivity index (χ1n) is 10.1. The number of fused-ring (bicyclic) bond motifs is 3.